The summed E-state index contributed by atoms with van der Waals surface area (Å²) >= 11 is 2.28. The average Bonchev–Trinajstić information content (AvgIpc) is 3.38. The number of benzene rings is 2. The molecule has 0 radical (unpaired) electrons. The first-order chi connectivity index (χ1) is 17.8. The molecule has 200 valence electrons. The van der Waals surface area contributed by atoms with Crippen LogP contribution < -0.4 is 0 Å². The fraction of sp³-hybridized carbons (Fsp3) is 0.333. The Morgan fingerprint density at radius 2 is 1.29 bits per heavy atom. The van der Waals surface area contributed by atoms with Gasteiger partial charge in [0.15, 0.2) is 0 Å². The number of hydrogen-bond acceptors (Lipinski definition) is 2. The molecule has 0 saturated heterocycles. The van der Waals surface area contributed by atoms with Crippen LogP contribution in [0.2, 0.25) is 0 Å². The highest BCUT2D eigenvalue weighted by atomic mass is 32.1. The molecular weight excluding hydrogens is 538 g/mol. The Morgan fingerprint density at radius 3 is 1.92 bits per heavy atom. The van der Waals surface area contributed by atoms with Gasteiger partial charge >= 0.3 is 17.8 Å². The molecule has 0 unspecified atom stereocenters. The molecule has 2 heterocycles. The molecule has 2 aromatic heterocycles. The maximum atomic E-state index is 15.6. The van der Waals surface area contributed by atoms with E-state index in [9.17, 15) is 0 Å². The summed E-state index contributed by atoms with van der Waals surface area (Å²) < 4.78 is 92.9. The van der Waals surface area contributed by atoms with Gasteiger partial charge in [0.05, 0.1) is 0 Å². The Kier molecular flexibility index (Phi) is 6.58. The molecule has 0 amide bonds. The number of allylic oxidation sites excluding steroid dienone is 2. The van der Waals surface area contributed by atoms with E-state index in [1.807, 2.05) is 24.3 Å². The van der Waals surface area contributed by atoms with Crippen molar-refractivity contribution < 1.29 is 26.3 Å². The first-order valence-corrected chi connectivity index (χ1v) is 14.0. The lowest BCUT2D eigenvalue weighted by Gasteiger charge is -2.26. The van der Waals surface area contributed by atoms with Crippen LogP contribution >= 0.6 is 22.7 Å². The summed E-state index contributed by atoms with van der Waals surface area (Å²) in [6.45, 7) is 6.68. The van der Waals surface area contributed by atoms with E-state index >= 15 is 26.3 Å². The third-order valence-corrected chi connectivity index (χ3v) is 9.64. The summed E-state index contributed by atoms with van der Waals surface area (Å²) in [5.74, 6) is -15.7. The molecule has 0 atom stereocenters. The number of unbranched alkanes of at least 4 members (excludes halogenated alkanes) is 1. The van der Waals surface area contributed by atoms with Crippen molar-refractivity contribution in [3.63, 3.8) is 0 Å². The molecule has 2 aromatic carbocycles. The van der Waals surface area contributed by atoms with Crippen molar-refractivity contribution in [2.24, 2.45) is 0 Å². The monoisotopic (exact) mass is 564 g/mol. The lowest BCUT2D eigenvalue weighted by molar-refractivity contribution is -0.254. The summed E-state index contributed by atoms with van der Waals surface area (Å²) in [5, 5.41) is 0.268. The van der Waals surface area contributed by atoms with Crippen LogP contribution in [0.4, 0.5) is 26.3 Å². The van der Waals surface area contributed by atoms with Gasteiger partial charge < -0.3 is 0 Å². The van der Waals surface area contributed by atoms with E-state index in [-0.39, 0.29) is 16.5 Å². The number of hydrogen-bond donors (Lipinski definition) is 0. The van der Waals surface area contributed by atoms with Gasteiger partial charge in [0, 0.05) is 47.0 Å². The molecule has 0 N–H and O–H groups in total. The largest absolute Gasteiger partial charge is 0.380 e. The fourth-order valence-corrected chi connectivity index (χ4v) is 7.61. The zero-order chi connectivity index (χ0) is 27.6. The maximum Gasteiger partial charge on any atom is 0.380 e. The topological polar surface area (TPSA) is 0 Å². The zero-order valence-corrected chi connectivity index (χ0v) is 23.0. The third kappa shape index (κ3) is 3.78. The Morgan fingerprint density at radius 1 is 0.711 bits per heavy atom. The molecule has 1 aliphatic rings. The van der Waals surface area contributed by atoms with Crippen molar-refractivity contribution in [3.05, 3.63) is 80.5 Å². The van der Waals surface area contributed by atoms with E-state index in [1.165, 1.54) is 19.9 Å². The van der Waals surface area contributed by atoms with Gasteiger partial charge in [-0.2, -0.15) is 26.3 Å². The van der Waals surface area contributed by atoms with Crippen LogP contribution in [0.15, 0.2) is 48.5 Å². The molecule has 0 saturated carbocycles. The Balaban J connectivity index is 1.78. The molecule has 0 nitrogen and oxygen atoms in total. The van der Waals surface area contributed by atoms with Crippen LogP contribution in [0.25, 0.3) is 31.7 Å². The van der Waals surface area contributed by atoms with Crippen LogP contribution in [0, 0.1) is 20.8 Å². The minimum absolute atomic E-state index is 0.216. The van der Waals surface area contributed by atoms with Crippen molar-refractivity contribution >= 4 is 43.9 Å². The van der Waals surface area contributed by atoms with Crippen LogP contribution in [-0.4, -0.2) is 17.8 Å². The van der Waals surface area contributed by atoms with Gasteiger partial charge in [0.1, 0.15) is 0 Å². The summed E-state index contributed by atoms with van der Waals surface area (Å²) in [5.41, 5.74) is -0.814. The van der Waals surface area contributed by atoms with Gasteiger partial charge in [0.2, 0.25) is 0 Å². The van der Waals surface area contributed by atoms with Gasteiger partial charge in [0.25, 0.3) is 0 Å². The van der Waals surface area contributed by atoms with Crippen LogP contribution in [-0.2, 0) is 6.42 Å². The predicted octanol–water partition coefficient (Wildman–Crippen LogP) is 10.7. The first-order valence-electron chi connectivity index (χ1n) is 12.4. The lowest BCUT2D eigenvalue weighted by Crippen LogP contribution is -2.49. The van der Waals surface area contributed by atoms with Gasteiger partial charge in [-0.15, -0.1) is 22.7 Å². The molecular formula is C30H26F6S2. The van der Waals surface area contributed by atoms with Crippen molar-refractivity contribution in [2.45, 2.75) is 64.7 Å². The minimum atomic E-state index is -5.58. The summed E-state index contributed by atoms with van der Waals surface area (Å²) in [7, 11) is 0. The molecule has 0 aliphatic heterocycles. The van der Waals surface area contributed by atoms with E-state index in [0.29, 0.717) is 24.9 Å². The second kappa shape index (κ2) is 9.26. The number of thiophene rings is 2. The van der Waals surface area contributed by atoms with E-state index in [4.69, 9.17) is 0 Å². The van der Waals surface area contributed by atoms with Crippen molar-refractivity contribution in [1.82, 2.24) is 0 Å². The van der Waals surface area contributed by atoms with Gasteiger partial charge in [-0.3, -0.25) is 0 Å². The standard InChI is InChI=1S/C30H26F6S2/c1-5-6-9-19-12-14-20(15-13-19)27-16(2)23(17(3)38-27)25-26(29(33,34)30(35,36)28(25,31)32)24-18(4)37-22-11-8-7-10-21(22)24/h7-8,10-15H,5-6,9H2,1-4H3. The highest BCUT2D eigenvalue weighted by molar-refractivity contribution is 7.19. The number of fused-ring (bicyclic) bond motifs is 1. The third-order valence-electron chi connectivity index (χ3n) is 7.30. The van der Waals surface area contributed by atoms with E-state index in [1.54, 1.807) is 25.1 Å². The second-order valence-electron chi connectivity index (χ2n) is 9.79. The molecule has 1 aliphatic carbocycles. The van der Waals surface area contributed by atoms with Crippen molar-refractivity contribution in [2.75, 3.05) is 0 Å². The quantitative estimate of drug-likeness (QED) is 0.204. The summed E-state index contributed by atoms with van der Waals surface area (Å²) in [6.07, 6.45) is 2.99. The lowest BCUT2D eigenvalue weighted by atomic mass is 9.90. The van der Waals surface area contributed by atoms with Crippen LogP contribution in [0.3, 0.4) is 0 Å². The van der Waals surface area contributed by atoms with E-state index in [0.717, 1.165) is 53.1 Å². The van der Waals surface area contributed by atoms with Gasteiger partial charge in [-0.05, 0) is 56.4 Å². The smallest absolute Gasteiger partial charge is 0.194 e. The summed E-state index contributed by atoms with van der Waals surface area (Å²) in [6, 6.07) is 14.1. The van der Waals surface area contributed by atoms with Crippen LogP contribution in [0.1, 0.15) is 51.8 Å². The van der Waals surface area contributed by atoms with Gasteiger partial charge in [-0.25, -0.2) is 0 Å². The van der Waals surface area contributed by atoms with E-state index < -0.39 is 28.9 Å². The molecule has 4 aromatic rings. The zero-order valence-electron chi connectivity index (χ0n) is 21.3. The first kappa shape index (κ1) is 27.0. The Hall–Kier alpha value is -2.58. The van der Waals surface area contributed by atoms with Gasteiger partial charge in [-0.1, -0.05) is 55.8 Å². The number of halogens is 6. The number of rotatable bonds is 6. The number of alkyl halides is 6. The highest BCUT2D eigenvalue weighted by Crippen LogP contribution is 2.67. The minimum Gasteiger partial charge on any atom is -0.194 e. The summed E-state index contributed by atoms with van der Waals surface area (Å²) in [4.78, 5) is 1.19. The molecule has 0 spiro atoms. The highest BCUT2D eigenvalue weighted by Gasteiger charge is 2.80. The molecule has 38 heavy (non-hydrogen) atoms. The average molecular weight is 565 g/mol. The molecule has 0 fully saturated rings. The molecule has 8 heteroatoms. The van der Waals surface area contributed by atoms with Crippen molar-refractivity contribution in [1.29, 1.82) is 0 Å². The van der Waals surface area contributed by atoms with Crippen LogP contribution in [0.5, 0.6) is 0 Å². The number of aryl methyl sites for hydroxylation is 3. The molecule has 5 rings (SSSR count). The normalized spacial score (nSPS) is 18.1. The maximum absolute atomic E-state index is 15.6. The molecule has 0 bridgehead atoms. The van der Waals surface area contributed by atoms with Crippen molar-refractivity contribution in [3.8, 4) is 10.4 Å². The fourth-order valence-electron chi connectivity index (χ4n) is 5.37. The second-order valence-corrected chi connectivity index (χ2v) is 12.3. The SMILES string of the molecule is CCCCc1ccc(-c2sc(C)c(C3=C(c4c(C)sc5ccccc45)C(F)(F)C(F)(F)C3(F)F)c2C)cc1. The Labute approximate surface area is 225 Å². The Bertz CT molecular complexity index is 1550. The van der Waals surface area contributed by atoms with E-state index in [2.05, 4.69) is 6.92 Å². The predicted molar refractivity (Wildman–Crippen MR) is 146 cm³/mol.